The van der Waals surface area contributed by atoms with E-state index < -0.39 is 120 Å². The summed E-state index contributed by atoms with van der Waals surface area (Å²) >= 11 is 0. The van der Waals surface area contributed by atoms with Crippen molar-refractivity contribution in [2.24, 2.45) is 11.8 Å². The first kappa shape index (κ1) is 54.0. The monoisotopic (exact) mass is 949 g/mol. The van der Waals surface area contributed by atoms with Crippen LogP contribution in [0.5, 0.6) is 5.75 Å². The second kappa shape index (κ2) is 25.0. The Morgan fingerprint density at radius 3 is 2.06 bits per heavy atom. The fourth-order valence-electron chi connectivity index (χ4n) is 8.16. The number of aliphatic hydroxyl groups excluding tert-OH is 1. The number of aliphatic hydroxyl groups is 1. The van der Waals surface area contributed by atoms with Crippen LogP contribution in [0.3, 0.4) is 0 Å². The number of nitrogens with one attached hydrogen (secondary N) is 5. The number of amides is 7. The van der Waals surface area contributed by atoms with Crippen LogP contribution in [0.1, 0.15) is 91.2 Å². The number of ether oxygens (including phenoxy) is 2. The van der Waals surface area contributed by atoms with Crippen molar-refractivity contribution in [3.8, 4) is 5.75 Å². The Morgan fingerprint density at radius 1 is 0.838 bits per heavy atom. The van der Waals surface area contributed by atoms with Crippen molar-refractivity contribution in [1.82, 2.24) is 36.4 Å². The van der Waals surface area contributed by atoms with Crippen LogP contribution in [0.2, 0.25) is 0 Å². The summed E-state index contributed by atoms with van der Waals surface area (Å²) in [5.41, 5.74) is 1.21. The van der Waals surface area contributed by atoms with Crippen molar-refractivity contribution in [3.05, 3.63) is 65.7 Å². The first-order valence-electron chi connectivity index (χ1n) is 23.0. The first-order valence-corrected chi connectivity index (χ1v) is 23.0. The van der Waals surface area contributed by atoms with Crippen LogP contribution in [-0.4, -0.2) is 142 Å². The fourth-order valence-corrected chi connectivity index (χ4v) is 8.16. The number of fused-ring (bicyclic) bond motifs is 2. The molecule has 2 saturated heterocycles. The molecule has 2 fully saturated rings. The van der Waals surface area contributed by atoms with Gasteiger partial charge >= 0.3 is 11.9 Å². The van der Waals surface area contributed by atoms with Crippen molar-refractivity contribution in [2.45, 2.75) is 148 Å². The largest absolute Gasteiger partial charge is 0.497 e. The number of hydrogen-bond acceptors (Lipinski definition) is 12. The standard InChI is InChI=1S/C48H67N7O13/c1-9-13-37(56)49-34(25-39(58)59)43(61)53-41-28(6)68-48(66)40(27(4)5)52-44(62)35(23-30-16-18-31(67-8)19-17-30)54(7)47(65)36(24-29-14-11-10-12-15-29)55-38(57)21-20-32(46(55)64)50-42(60)33(22-26(2)3)51-45(41)63/h10-12,14-19,26-28,32-36,38,40-41,57H,9,13,20-25H2,1-8H3,(H,49,56)(H,50,60)(H,51,63)(H,52,62)(H,53,61)(H,58,59). The first-order chi connectivity index (χ1) is 32.1. The van der Waals surface area contributed by atoms with E-state index in [9.17, 15) is 48.6 Å². The molecule has 372 valence electrons. The van der Waals surface area contributed by atoms with Crippen molar-refractivity contribution in [1.29, 1.82) is 0 Å². The van der Waals surface area contributed by atoms with Gasteiger partial charge in [0.25, 0.3) is 0 Å². The molecule has 9 unspecified atom stereocenters. The topological polar surface area (TPSA) is 279 Å². The van der Waals surface area contributed by atoms with E-state index in [1.165, 1.54) is 21.1 Å². The highest BCUT2D eigenvalue weighted by molar-refractivity contribution is 5.99. The summed E-state index contributed by atoms with van der Waals surface area (Å²) in [6.45, 7) is 9.76. The number of esters is 1. The average molecular weight is 950 g/mol. The van der Waals surface area contributed by atoms with Crippen LogP contribution in [0, 0.1) is 11.8 Å². The van der Waals surface area contributed by atoms with Crippen molar-refractivity contribution in [3.63, 3.8) is 0 Å². The molecule has 0 radical (unpaired) electrons. The van der Waals surface area contributed by atoms with Crippen LogP contribution in [0.25, 0.3) is 0 Å². The van der Waals surface area contributed by atoms with E-state index in [-0.39, 0.29) is 44.4 Å². The molecule has 2 aromatic carbocycles. The number of carboxylic acids is 1. The molecule has 2 bridgehead atoms. The highest BCUT2D eigenvalue weighted by atomic mass is 16.5. The predicted octanol–water partition coefficient (Wildman–Crippen LogP) is 0.963. The summed E-state index contributed by atoms with van der Waals surface area (Å²) in [5.74, 6) is -8.80. The van der Waals surface area contributed by atoms with Crippen LogP contribution in [0.4, 0.5) is 0 Å². The molecule has 7 N–H and O–H groups in total. The molecule has 9 atom stereocenters. The molecule has 0 spiro atoms. The van der Waals surface area contributed by atoms with E-state index in [1.54, 1.807) is 89.2 Å². The Labute approximate surface area is 396 Å². The molecule has 7 amide bonds. The third-order valence-corrected chi connectivity index (χ3v) is 11.9. The van der Waals surface area contributed by atoms with Gasteiger partial charge in [0.05, 0.1) is 13.5 Å². The van der Waals surface area contributed by atoms with E-state index in [1.807, 2.05) is 0 Å². The molecule has 20 nitrogen and oxygen atoms in total. The molecular formula is C48H67N7O13. The number of carboxylic acid groups (broad SMARTS) is 1. The summed E-state index contributed by atoms with van der Waals surface area (Å²) in [5, 5.41) is 34.0. The Bertz CT molecular complexity index is 2120. The molecule has 2 aliphatic rings. The van der Waals surface area contributed by atoms with Gasteiger partial charge in [0.1, 0.15) is 60.4 Å². The van der Waals surface area contributed by atoms with Crippen LogP contribution >= 0.6 is 0 Å². The molecule has 4 rings (SSSR count). The molecule has 68 heavy (non-hydrogen) atoms. The third-order valence-electron chi connectivity index (χ3n) is 11.9. The summed E-state index contributed by atoms with van der Waals surface area (Å²) in [4.78, 5) is 128. The van der Waals surface area contributed by atoms with Gasteiger partial charge < -0.3 is 56.1 Å². The van der Waals surface area contributed by atoms with E-state index >= 15 is 4.79 Å². The molecule has 20 heteroatoms. The minimum atomic E-state index is -1.81. The van der Waals surface area contributed by atoms with Gasteiger partial charge in [-0.15, -0.1) is 0 Å². The zero-order chi connectivity index (χ0) is 50.4. The minimum Gasteiger partial charge on any atom is -0.497 e. The summed E-state index contributed by atoms with van der Waals surface area (Å²) in [7, 11) is 2.87. The van der Waals surface area contributed by atoms with Gasteiger partial charge in [0, 0.05) is 26.3 Å². The number of piperidine rings is 1. The van der Waals surface area contributed by atoms with Gasteiger partial charge in [-0.3, -0.25) is 38.4 Å². The Hall–Kier alpha value is -6.57. The SMILES string of the molecule is CCCC(=O)NC(CC(=O)O)C(=O)NC1C(=O)NC(CC(C)C)C(=O)NC2CCC(O)N(C2=O)C(Cc2ccccc2)C(=O)N(C)C(Cc2ccc(OC)cc2)C(=O)NC(C(C)C)C(=O)OC1C. The lowest BCUT2D eigenvalue weighted by Gasteiger charge is -2.43. The Kier molecular flexibility index (Phi) is 19.9. The maximum absolute atomic E-state index is 15.0. The Balaban J connectivity index is 1.88. The number of benzene rings is 2. The number of rotatable bonds is 15. The molecule has 0 saturated carbocycles. The van der Waals surface area contributed by atoms with E-state index in [4.69, 9.17) is 9.47 Å². The Morgan fingerprint density at radius 2 is 1.47 bits per heavy atom. The number of cyclic esters (lactones) is 1. The van der Waals surface area contributed by atoms with Crippen molar-refractivity contribution in [2.75, 3.05) is 14.2 Å². The van der Waals surface area contributed by atoms with E-state index in [2.05, 4.69) is 26.6 Å². The third kappa shape index (κ3) is 14.7. The number of hydrogen-bond donors (Lipinski definition) is 7. The highest BCUT2D eigenvalue weighted by Crippen LogP contribution is 2.26. The molecule has 2 aromatic rings. The number of methoxy groups -OCH3 is 1. The number of carbonyl (C=O) groups excluding carboxylic acids is 8. The summed E-state index contributed by atoms with van der Waals surface area (Å²) in [6.07, 6.45) is -3.87. The van der Waals surface area contributed by atoms with Crippen molar-refractivity contribution >= 4 is 53.3 Å². The van der Waals surface area contributed by atoms with Gasteiger partial charge in [-0.1, -0.05) is 77.1 Å². The van der Waals surface area contributed by atoms with Gasteiger partial charge in [-0.25, -0.2) is 4.79 Å². The maximum atomic E-state index is 15.0. The number of likely N-dealkylation sites (N-methyl/N-ethyl adjacent to an activating group) is 1. The molecular weight excluding hydrogens is 883 g/mol. The molecule has 2 heterocycles. The average Bonchev–Trinajstić information content (AvgIpc) is 3.28. The highest BCUT2D eigenvalue weighted by Gasteiger charge is 2.46. The van der Waals surface area contributed by atoms with Crippen LogP contribution in [0.15, 0.2) is 54.6 Å². The van der Waals surface area contributed by atoms with Gasteiger partial charge in [-0.05, 0) is 67.7 Å². The van der Waals surface area contributed by atoms with Gasteiger partial charge in [-0.2, -0.15) is 0 Å². The molecule has 2 aliphatic heterocycles. The fraction of sp³-hybridized carbons (Fsp3) is 0.562. The number of carbonyl (C=O) groups is 9. The number of aliphatic carboxylic acids is 1. The predicted molar refractivity (Wildman–Crippen MR) is 246 cm³/mol. The summed E-state index contributed by atoms with van der Waals surface area (Å²) < 4.78 is 11.1. The zero-order valence-electron chi connectivity index (χ0n) is 40.0. The van der Waals surface area contributed by atoms with E-state index in [0.717, 1.165) is 9.80 Å². The quantitative estimate of drug-likeness (QED) is 0.123. The number of nitrogens with zero attached hydrogens (tertiary/aromatic N) is 2. The van der Waals surface area contributed by atoms with Crippen LogP contribution < -0.4 is 31.3 Å². The lowest BCUT2D eigenvalue weighted by Crippen LogP contribution is -2.65. The van der Waals surface area contributed by atoms with Crippen LogP contribution in [-0.2, 0) is 60.7 Å². The maximum Gasteiger partial charge on any atom is 0.329 e. The second-order valence-electron chi connectivity index (χ2n) is 18.1. The smallest absolute Gasteiger partial charge is 0.329 e. The van der Waals surface area contributed by atoms with Gasteiger partial charge in [0.2, 0.25) is 41.4 Å². The zero-order valence-corrected chi connectivity index (χ0v) is 40.0. The lowest BCUT2D eigenvalue weighted by atomic mass is 9.95. The lowest BCUT2D eigenvalue weighted by molar-refractivity contribution is -0.165. The second-order valence-corrected chi connectivity index (χ2v) is 18.1. The molecule has 0 aromatic heterocycles. The van der Waals surface area contributed by atoms with Gasteiger partial charge in [0.15, 0.2) is 0 Å². The molecule has 0 aliphatic carbocycles. The van der Waals surface area contributed by atoms with E-state index in [0.29, 0.717) is 23.3 Å². The van der Waals surface area contributed by atoms with Crippen molar-refractivity contribution < 1.29 is 62.8 Å². The minimum absolute atomic E-state index is 0.00528. The normalized spacial score (nSPS) is 24.9. The summed E-state index contributed by atoms with van der Waals surface area (Å²) in [6, 6.07) is 5.17.